The van der Waals surface area contributed by atoms with Gasteiger partial charge in [0, 0.05) is 10.6 Å². The molecule has 4 aromatic rings. The number of aromatic nitrogens is 3. The predicted molar refractivity (Wildman–Crippen MR) is 93.7 cm³/mol. The Balaban J connectivity index is 1.62. The maximum absolute atomic E-state index is 5.99. The second-order valence-electron chi connectivity index (χ2n) is 5.10. The van der Waals surface area contributed by atoms with Crippen molar-refractivity contribution in [1.82, 2.24) is 15.2 Å². The molecule has 4 rings (SSSR count). The summed E-state index contributed by atoms with van der Waals surface area (Å²) in [6.45, 7) is 0. The summed E-state index contributed by atoms with van der Waals surface area (Å²) in [6, 6.07) is 13.2. The maximum Gasteiger partial charge on any atom is 0.247 e. The van der Waals surface area contributed by atoms with Crippen LogP contribution in [0.4, 0.5) is 0 Å². The van der Waals surface area contributed by atoms with E-state index in [1.807, 2.05) is 30.3 Å². The molecule has 0 amide bonds. The van der Waals surface area contributed by atoms with E-state index in [1.165, 1.54) is 0 Å². The molecule has 0 saturated heterocycles. The third kappa shape index (κ3) is 2.86. The molecule has 2 aromatic carbocycles. The average molecular weight is 358 g/mol. The minimum absolute atomic E-state index is 0.450. The van der Waals surface area contributed by atoms with Crippen LogP contribution in [0, 0.1) is 0 Å². The van der Waals surface area contributed by atoms with Crippen molar-refractivity contribution in [3.8, 4) is 17.2 Å². The first-order chi connectivity index (χ1) is 11.7. The number of para-hydroxylation sites is 1. The first-order valence-corrected chi connectivity index (χ1v) is 8.43. The van der Waals surface area contributed by atoms with E-state index >= 15 is 0 Å². The SMILES string of the molecule is COc1cccc2sc(Cc3nnc(-c4cccc(Cl)c4)o3)nc12. The number of fused-ring (bicyclic) bond motifs is 1. The summed E-state index contributed by atoms with van der Waals surface area (Å²) in [5.41, 5.74) is 1.65. The fourth-order valence-electron chi connectivity index (χ4n) is 2.40. The highest BCUT2D eigenvalue weighted by Gasteiger charge is 2.13. The molecule has 5 nitrogen and oxygen atoms in total. The van der Waals surface area contributed by atoms with E-state index in [9.17, 15) is 0 Å². The van der Waals surface area contributed by atoms with E-state index in [0.717, 1.165) is 26.5 Å². The molecular weight excluding hydrogens is 346 g/mol. The van der Waals surface area contributed by atoms with Crippen LogP contribution in [-0.4, -0.2) is 22.3 Å². The van der Waals surface area contributed by atoms with Gasteiger partial charge in [0.25, 0.3) is 0 Å². The normalized spacial score (nSPS) is 11.1. The second kappa shape index (κ2) is 6.22. The van der Waals surface area contributed by atoms with Crippen molar-refractivity contribution < 1.29 is 9.15 Å². The Kier molecular flexibility index (Phi) is 3.92. The molecule has 0 fully saturated rings. The Hall–Kier alpha value is -2.44. The first-order valence-electron chi connectivity index (χ1n) is 7.23. The van der Waals surface area contributed by atoms with Gasteiger partial charge in [-0.3, -0.25) is 0 Å². The van der Waals surface area contributed by atoms with Crippen molar-refractivity contribution in [3.63, 3.8) is 0 Å². The third-order valence-electron chi connectivity index (χ3n) is 3.49. The van der Waals surface area contributed by atoms with Gasteiger partial charge >= 0.3 is 0 Å². The molecule has 0 saturated carbocycles. The van der Waals surface area contributed by atoms with Gasteiger partial charge in [-0.25, -0.2) is 4.98 Å². The molecule has 0 radical (unpaired) electrons. The first kappa shape index (κ1) is 15.1. The lowest BCUT2D eigenvalue weighted by atomic mass is 10.2. The van der Waals surface area contributed by atoms with Crippen molar-refractivity contribution in [2.24, 2.45) is 0 Å². The molecular formula is C17H12ClN3O2S. The molecule has 0 aliphatic heterocycles. The molecule has 2 aromatic heterocycles. The van der Waals surface area contributed by atoms with Crippen LogP contribution in [-0.2, 0) is 6.42 Å². The Morgan fingerprint density at radius 2 is 2.04 bits per heavy atom. The summed E-state index contributed by atoms with van der Waals surface area (Å²) < 4.78 is 12.1. The van der Waals surface area contributed by atoms with Crippen LogP contribution in [0.15, 0.2) is 46.9 Å². The lowest BCUT2D eigenvalue weighted by Crippen LogP contribution is -1.88. The zero-order chi connectivity index (χ0) is 16.5. The summed E-state index contributed by atoms with van der Waals surface area (Å²) >= 11 is 7.58. The lowest BCUT2D eigenvalue weighted by molar-refractivity contribution is 0.419. The molecule has 0 spiro atoms. The van der Waals surface area contributed by atoms with Crippen LogP contribution in [0.5, 0.6) is 5.75 Å². The Morgan fingerprint density at radius 3 is 2.88 bits per heavy atom. The van der Waals surface area contributed by atoms with Crippen molar-refractivity contribution >= 4 is 33.2 Å². The van der Waals surface area contributed by atoms with E-state index in [2.05, 4.69) is 15.2 Å². The van der Waals surface area contributed by atoms with Gasteiger partial charge in [-0.2, -0.15) is 0 Å². The molecule has 0 aliphatic carbocycles. The van der Waals surface area contributed by atoms with Crippen molar-refractivity contribution in [3.05, 3.63) is 58.4 Å². The largest absolute Gasteiger partial charge is 0.494 e. The molecule has 120 valence electrons. The molecule has 0 bridgehead atoms. The Morgan fingerprint density at radius 1 is 1.17 bits per heavy atom. The summed E-state index contributed by atoms with van der Waals surface area (Å²) in [7, 11) is 1.64. The Labute approximate surface area is 146 Å². The fourth-order valence-corrected chi connectivity index (χ4v) is 3.57. The fraction of sp³-hybridized carbons (Fsp3) is 0.118. The van der Waals surface area contributed by atoms with Crippen molar-refractivity contribution in [2.75, 3.05) is 7.11 Å². The molecule has 0 unspecified atom stereocenters. The van der Waals surface area contributed by atoms with E-state index in [4.69, 9.17) is 20.8 Å². The number of hydrogen-bond acceptors (Lipinski definition) is 6. The maximum atomic E-state index is 5.99. The van der Waals surface area contributed by atoms with Crippen LogP contribution in [0.25, 0.3) is 21.7 Å². The summed E-state index contributed by atoms with van der Waals surface area (Å²) in [4.78, 5) is 4.62. The highest BCUT2D eigenvalue weighted by Crippen LogP contribution is 2.30. The second-order valence-corrected chi connectivity index (χ2v) is 6.65. The van der Waals surface area contributed by atoms with Gasteiger partial charge in [-0.05, 0) is 30.3 Å². The number of nitrogens with zero attached hydrogens (tertiary/aromatic N) is 3. The smallest absolute Gasteiger partial charge is 0.247 e. The van der Waals surface area contributed by atoms with E-state index in [1.54, 1.807) is 30.6 Å². The molecule has 0 N–H and O–H groups in total. The summed E-state index contributed by atoms with van der Waals surface area (Å²) in [5, 5.41) is 9.72. The number of benzene rings is 2. The average Bonchev–Trinajstić information content (AvgIpc) is 3.21. The highest BCUT2D eigenvalue weighted by molar-refractivity contribution is 7.18. The van der Waals surface area contributed by atoms with Gasteiger partial charge < -0.3 is 9.15 Å². The van der Waals surface area contributed by atoms with Gasteiger partial charge in [-0.15, -0.1) is 21.5 Å². The minimum Gasteiger partial charge on any atom is -0.494 e. The van der Waals surface area contributed by atoms with Crippen LogP contribution >= 0.6 is 22.9 Å². The van der Waals surface area contributed by atoms with Crippen LogP contribution in [0.2, 0.25) is 5.02 Å². The molecule has 0 atom stereocenters. The number of ether oxygens (including phenoxy) is 1. The lowest BCUT2D eigenvalue weighted by Gasteiger charge is -1.98. The van der Waals surface area contributed by atoms with E-state index in [0.29, 0.717) is 23.2 Å². The highest BCUT2D eigenvalue weighted by atomic mass is 35.5. The van der Waals surface area contributed by atoms with E-state index in [-0.39, 0.29) is 0 Å². The van der Waals surface area contributed by atoms with Gasteiger partial charge in [0.05, 0.1) is 18.2 Å². The van der Waals surface area contributed by atoms with Gasteiger partial charge in [0.15, 0.2) is 0 Å². The third-order valence-corrected chi connectivity index (χ3v) is 4.74. The van der Waals surface area contributed by atoms with Crippen molar-refractivity contribution in [2.45, 2.75) is 6.42 Å². The topological polar surface area (TPSA) is 61.0 Å². The van der Waals surface area contributed by atoms with Crippen molar-refractivity contribution in [1.29, 1.82) is 0 Å². The summed E-state index contributed by atoms with van der Waals surface area (Å²) in [6.07, 6.45) is 0.482. The molecule has 7 heteroatoms. The molecule has 24 heavy (non-hydrogen) atoms. The zero-order valence-electron chi connectivity index (χ0n) is 12.7. The number of rotatable bonds is 4. The van der Waals surface area contributed by atoms with Gasteiger partial charge in [-0.1, -0.05) is 23.7 Å². The summed E-state index contributed by atoms with van der Waals surface area (Å²) in [5.74, 6) is 1.73. The molecule has 0 aliphatic rings. The van der Waals surface area contributed by atoms with Gasteiger partial charge in [0.1, 0.15) is 16.3 Å². The predicted octanol–water partition coefficient (Wildman–Crippen LogP) is 4.60. The monoisotopic (exact) mass is 357 g/mol. The standard InChI is InChI=1S/C17H12ClN3O2S/c1-22-12-6-3-7-13-16(12)19-15(24-13)9-14-20-21-17(23-14)10-4-2-5-11(18)8-10/h2-8H,9H2,1H3. The zero-order valence-corrected chi connectivity index (χ0v) is 14.3. The van der Waals surface area contributed by atoms with E-state index < -0.39 is 0 Å². The minimum atomic E-state index is 0.450. The number of hydrogen-bond donors (Lipinski definition) is 0. The quantitative estimate of drug-likeness (QED) is 0.534. The molecule has 2 heterocycles. The Bertz CT molecular complexity index is 1010. The van der Waals surface area contributed by atoms with Gasteiger partial charge in [0.2, 0.25) is 11.8 Å². The number of thiazole rings is 1. The van der Waals surface area contributed by atoms with Crippen LogP contribution in [0.1, 0.15) is 10.9 Å². The number of methoxy groups -OCH3 is 1. The van der Waals surface area contributed by atoms with Crippen LogP contribution < -0.4 is 4.74 Å². The number of halogens is 1. The van der Waals surface area contributed by atoms with Crippen LogP contribution in [0.3, 0.4) is 0 Å².